The van der Waals surface area contributed by atoms with Crippen LogP contribution in [0, 0.1) is 11.6 Å². The van der Waals surface area contributed by atoms with Crippen LogP contribution in [-0.2, 0) is 6.18 Å². The Morgan fingerprint density at radius 2 is 1.77 bits per heavy atom. The van der Waals surface area contributed by atoms with Crippen LogP contribution in [0.5, 0.6) is 0 Å². The second-order valence-corrected chi connectivity index (χ2v) is 5.25. The standard InChI is InChI=1S/C16H11F3N2S/c1-10-20-14-8-3-2-7-13(14)15(22)21(10)12-6-4-5-11(9-12)16(17,18)19/h2-9H,1H3. The molecular formula is C16H11F3N2S. The summed E-state index contributed by atoms with van der Waals surface area (Å²) in [5, 5.41) is 0.737. The monoisotopic (exact) mass is 320 g/mol. The molecule has 0 fully saturated rings. The van der Waals surface area contributed by atoms with Crippen molar-refractivity contribution in [2.24, 2.45) is 0 Å². The van der Waals surface area contributed by atoms with Crippen molar-refractivity contribution in [3.8, 4) is 5.69 Å². The zero-order valence-electron chi connectivity index (χ0n) is 11.6. The maximum absolute atomic E-state index is 12.9. The fourth-order valence-electron chi connectivity index (χ4n) is 2.37. The van der Waals surface area contributed by atoms with Gasteiger partial charge in [-0.2, -0.15) is 13.2 Å². The number of aromatic nitrogens is 2. The molecule has 1 aromatic heterocycles. The van der Waals surface area contributed by atoms with Gasteiger partial charge < -0.3 is 0 Å². The summed E-state index contributed by atoms with van der Waals surface area (Å²) in [6.07, 6.45) is -4.39. The number of rotatable bonds is 1. The maximum atomic E-state index is 12.9. The summed E-state index contributed by atoms with van der Waals surface area (Å²) in [5.41, 5.74) is 0.378. The molecule has 0 bridgehead atoms. The van der Waals surface area contributed by atoms with Gasteiger partial charge in [-0.25, -0.2) is 4.98 Å². The van der Waals surface area contributed by atoms with Crippen LogP contribution in [0.2, 0.25) is 0 Å². The number of alkyl halides is 3. The molecule has 0 spiro atoms. The summed E-state index contributed by atoms with van der Waals surface area (Å²) >= 11 is 5.44. The van der Waals surface area contributed by atoms with Gasteiger partial charge in [-0.3, -0.25) is 4.57 Å². The highest BCUT2D eigenvalue weighted by molar-refractivity contribution is 7.71. The molecule has 0 atom stereocenters. The first-order valence-electron chi connectivity index (χ1n) is 6.54. The predicted molar refractivity (Wildman–Crippen MR) is 81.6 cm³/mol. The molecule has 3 rings (SSSR count). The number of nitrogens with zero attached hydrogens (tertiary/aromatic N) is 2. The van der Waals surface area contributed by atoms with E-state index >= 15 is 0 Å². The lowest BCUT2D eigenvalue weighted by Crippen LogP contribution is -2.09. The molecule has 2 nitrogen and oxygen atoms in total. The van der Waals surface area contributed by atoms with Crippen LogP contribution in [-0.4, -0.2) is 9.55 Å². The average molecular weight is 320 g/mol. The first kappa shape index (κ1) is 14.7. The zero-order chi connectivity index (χ0) is 15.9. The van der Waals surface area contributed by atoms with Crippen molar-refractivity contribution in [2.75, 3.05) is 0 Å². The highest BCUT2D eigenvalue weighted by atomic mass is 32.1. The zero-order valence-corrected chi connectivity index (χ0v) is 12.4. The van der Waals surface area contributed by atoms with E-state index in [0.29, 0.717) is 16.2 Å². The van der Waals surface area contributed by atoms with Crippen molar-refractivity contribution in [3.05, 3.63) is 64.6 Å². The average Bonchev–Trinajstić information content (AvgIpc) is 2.47. The van der Waals surface area contributed by atoms with Gasteiger partial charge in [0.05, 0.1) is 11.1 Å². The van der Waals surface area contributed by atoms with Gasteiger partial charge in [-0.1, -0.05) is 30.4 Å². The van der Waals surface area contributed by atoms with E-state index in [9.17, 15) is 13.2 Å². The van der Waals surface area contributed by atoms with Crippen molar-refractivity contribution in [3.63, 3.8) is 0 Å². The van der Waals surface area contributed by atoms with E-state index in [0.717, 1.165) is 23.0 Å². The molecule has 22 heavy (non-hydrogen) atoms. The third kappa shape index (κ3) is 2.50. The molecule has 0 N–H and O–H groups in total. The van der Waals surface area contributed by atoms with Crippen LogP contribution in [0.25, 0.3) is 16.6 Å². The lowest BCUT2D eigenvalue weighted by Gasteiger charge is -2.14. The molecule has 0 saturated heterocycles. The van der Waals surface area contributed by atoms with E-state index in [-0.39, 0.29) is 0 Å². The highest BCUT2D eigenvalue weighted by Crippen LogP contribution is 2.31. The molecule has 0 aliphatic rings. The summed E-state index contributed by atoms with van der Waals surface area (Å²) in [6.45, 7) is 1.72. The summed E-state index contributed by atoms with van der Waals surface area (Å²) in [6, 6.07) is 12.4. The Balaban J connectivity index is 2.29. The SMILES string of the molecule is Cc1nc2ccccc2c(=S)n1-c1cccc(C(F)(F)F)c1. The van der Waals surface area contributed by atoms with Gasteiger partial charge in [0.15, 0.2) is 0 Å². The topological polar surface area (TPSA) is 17.8 Å². The van der Waals surface area contributed by atoms with E-state index in [2.05, 4.69) is 4.98 Å². The first-order chi connectivity index (χ1) is 10.4. The van der Waals surface area contributed by atoms with Crippen LogP contribution in [0.15, 0.2) is 48.5 Å². The quantitative estimate of drug-likeness (QED) is 0.582. The van der Waals surface area contributed by atoms with Gasteiger partial charge >= 0.3 is 6.18 Å². The van der Waals surface area contributed by atoms with Crippen LogP contribution in [0.1, 0.15) is 11.4 Å². The van der Waals surface area contributed by atoms with Crippen molar-refractivity contribution in [1.82, 2.24) is 9.55 Å². The first-order valence-corrected chi connectivity index (χ1v) is 6.95. The Hall–Kier alpha value is -2.21. The number of fused-ring (bicyclic) bond motifs is 1. The second kappa shape index (κ2) is 5.21. The molecule has 6 heteroatoms. The van der Waals surface area contributed by atoms with Crippen LogP contribution in [0.4, 0.5) is 13.2 Å². The molecule has 0 aliphatic heterocycles. The fourth-order valence-corrected chi connectivity index (χ4v) is 2.78. The summed E-state index contributed by atoms with van der Waals surface area (Å²) < 4.78 is 40.7. The van der Waals surface area contributed by atoms with Crippen molar-refractivity contribution in [1.29, 1.82) is 0 Å². The van der Waals surface area contributed by atoms with Gasteiger partial charge in [0.2, 0.25) is 0 Å². The molecule has 0 amide bonds. The molecule has 112 valence electrons. The minimum Gasteiger partial charge on any atom is -0.289 e. The number of para-hydroxylation sites is 1. The fraction of sp³-hybridized carbons (Fsp3) is 0.125. The van der Waals surface area contributed by atoms with E-state index in [4.69, 9.17) is 12.2 Å². The van der Waals surface area contributed by atoms with E-state index in [1.807, 2.05) is 24.3 Å². The van der Waals surface area contributed by atoms with Crippen LogP contribution < -0.4 is 0 Å². The van der Waals surface area contributed by atoms with Gasteiger partial charge in [0, 0.05) is 11.1 Å². The largest absolute Gasteiger partial charge is 0.416 e. The van der Waals surface area contributed by atoms with Crippen molar-refractivity contribution in [2.45, 2.75) is 13.1 Å². The number of hydrogen-bond donors (Lipinski definition) is 0. The lowest BCUT2D eigenvalue weighted by molar-refractivity contribution is -0.137. The van der Waals surface area contributed by atoms with E-state index in [1.54, 1.807) is 17.6 Å². The third-order valence-corrected chi connectivity index (χ3v) is 3.78. The van der Waals surface area contributed by atoms with Gasteiger partial charge in [-0.05, 0) is 37.3 Å². The molecule has 1 heterocycles. The van der Waals surface area contributed by atoms with E-state index in [1.165, 1.54) is 6.07 Å². The number of aryl methyl sites for hydroxylation is 1. The Morgan fingerprint density at radius 3 is 2.50 bits per heavy atom. The number of hydrogen-bond acceptors (Lipinski definition) is 2. The normalized spacial score (nSPS) is 11.8. The molecule has 0 radical (unpaired) electrons. The van der Waals surface area contributed by atoms with Crippen LogP contribution in [0.3, 0.4) is 0 Å². The predicted octanol–water partition coefficient (Wildman–Crippen LogP) is 5.08. The molecular weight excluding hydrogens is 309 g/mol. The minimum atomic E-state index is -4.39. The maximum Gasteiger partial charge on any atom is 0.416 e. The summed E-state index contributed by atoms with van der Waals surface area (Å²) in [4.78, 5) is 4.42. The van der Waals surface area contributed by atoms with Gasteiger partial charge in [0.1, 0.15) is 10.5 Å². The van der Waals surface area contributed by atoms with E-state index < -0.39 is 11.7 Å². The third-order valence-electron chi connectivity index (χ3n) is 3.38. The Morgan fingerprint density at radius 1 is 1.05 bits per heavy atom. The highest BCUT2D eigenvalue weighted by Gasteiger charge is 2.30. The lowest BCUT2D eigenvalue weighted by atomic mass is 10.2. The Bertz CT molecular complexity index is 913. The van der Waals surface area contributed by atoms with Gasteiger partial charge in [-0.15, -0.1) is 0 Å². The molecule has 2 aromatic carbocycles. The molecule has 3 aromatic rings. The molecule has 0 unspecified atom stereocenters. The minimum absolute atomic E-state index is 0.357. The molecule has 0 saturated carbocycles. The Labute approximate surface area is 129 Å². The van der Waals surface area contributed by atoms with Crippen molar-refractivity contribution < 1.29 is 13.2 Å². The molecule has 0 aliphatic carbocycles. The Kier molecular flexibility index (Phi) is 3.48. The summed E-state index contributed by atoms with van der Waals surface area (Å²) in [5.74, 6) is 0.544. The summed E-state index contributed by atoms with van der Waals surface area (Å²) in [7, 11) is 0. The smallest absolute Gasteiger partial charge is 0.289 e. The van der Waals surface area contributed by atoms with Gasteiger partial charge in [0.25, 0.3) is 0 Å². The van der Waals surface area contributed by atoms with Crippen LogP contribution >= 0.6 is 12.2 Å². The van der Waals surface area contributed by atoms with Crippen molar-refractivity contribution >= 4 is 23.1 Å². The number of halogens is 3. The second-order valence-electron chi connectivity index (χ2n) is 4.86. The number of benzene rings is 2.